The van der Waals surface area contributed by atoms with Crippen LogP contribution in [0.4, 0.5) is 0 Å². The second-order valence-corrected chi connectivity index (χ2v) is 17.2. The number of aromatic nitrogens is 1. The number of hydrogen-bond donors (Lipinski definition) is 3. The van der Waals surface area contributed by atoms with Crippen LogP contribution in [0.3, 0.4) is 0 Å². The Bertz CT molecular complexity index is 3210. The van der Waals surface area contributed by atoms with Gasteiger partial charge in [-0.15, -0.1) is 22.7 Å². The minimum absolute atomic E-state index is 0.00331. The Balaban J connectivity index is 0.922. The Labute approximate surface area is 337 Å². The van der Waals surface area contributed by atoms with Gasteiger partial charge in [-0.1, -0.05) is 133 Å². The van der Waals surface area contributed by atoms with Crippen LogP contribution < -0.4 is 16.0 Å². The molecule has 2 unspecified atom stereocenters. The van der Waals surface area contributed by atoms with Crippen molar-refractivity contribution in [2.45, 2.75) is 18.5 Å². The lowest BCUT2D eigenvalue weighted by Gasteiger charge is -2.39. The molecular formula is C51H36N4S2. The number of nitrogens with one attached hydrogen (secondary N) is 3. The Hall–Kier alpha value is -6.12. The predicted octanol–water partition coefficient (Wildman–Crippen LogP) is 13.4. The molecule has 8 aromatic carbocycles. The average molecular weight is 769 g/mol. The van der Waals surface area contributed by atoms with Gasteiger partial charge in [0.05, 0.1) is 29.5 Å². The highest BCUT2D eigenvalue weighted by atomic mass is 32.1. The standard InChI is InChI=1S/C51H36N4S2/c1-3-12-31(13-4-1)49-52-50(32-14-5-2-6-15-32)54-51(53-49)34-23-26-40-47(29-34)57-45-21-11-18-36(48(40)45)33-22-25-39-41-30-35(24-27-44(41)56-46(39)28-33)55-42-19-9-7-16-37(42)38-17-8-10-20-43(38)55/h1-30,49-54H. The second kappa shape index (κ2) is 13.2. The van der Waals surface area contributed by atoms with Gasteiger partial charge in [0.15, 0.2) is 0 Å². The Morgan fingerprint density at radius 1 is 0.368 bits per heavy atom. The number of benzene rings is 8. The Kier molecular flexibility index (Phi) is 7.68. The molecule has 272 valence electrons. The SMILES string of the molecule is c1ccc(C2NC(c3ccccc3)NC(c3ccc4c(c3)sc3cccc(-c5ccc6c(c5)sc5ccc(-n7c8ccccc8c8ccccc87)cc56)c34)N2)cc1. The third-order valence-corrected chi connectivity index (χ3v) is 14.0. The van der Waals surface area contributed by atoms with Crippen molar-refractivity contribution in [1.82, 2.24) is 20.5 Å². The van der Waals surface area contributed by atoms with E-state index in [1.807, 2.05) is 22.7 Å². The van der Waals surface area contributed by atoms with E-state index in [4.69, 9.17) is 0 Å². The molecule has 1 fully saturated rings. The summed E-state index contributed by atoms with van der Waals surface area (Å²) in [4.78, 5) is 0. The smallest absolute Gasteiger partial charge is 0.0865 e. The molecule has 3 N–H and O–H groups in total. The fourth-order valence-electron chi connectivity index (χ4n) is 9.05. The lowest BCUT2D eigenvalue weighted by molar-refractivity contribution is 0.203. The summed E-state index contributed by atoms with van der Waals surface area (Å²) >= 11 is 3.77. The molecule has 2 atom stereocenters. The quantitative estimate of drug-likeness (QED) is 0.163. The number of nitrogens with zero attached hydrogens (tertiary/aromatic N) is 1. The molecule has 3 aromatic heterocycles. The summed E-state index contributed by atoms with van der Waals surface area (Å²) < 4.78 is 7.64. The van der Waals surface area contributed by atoms with Crippen molar-refractivity contribution in [3.05, 3.63) is 199 Å². The largest absolute Gasteiger partial charge is 0.309 e. The monoisotopic (exact) mass is 768 g/mol. The number of hydrogen-bond acceptors (Lipinski definition) is 5. The van der Waals surface area contributed by atoms with Crippen molar-refractivity contribution in [2.75, 3.05) is 0 Å². The molecule has 1 aliphatic heterocycles. The number of para-hydroxylation sites is 2. The van der Waals surface area contributed by atoms with Crippen molar-refractivity contribution < 1.29 is 0 Å². The van der Waals surface area contributed by atoms with E-state index >= 15 is 0 Å². The molecule has 4 nitrogen and oxygen atoms in total. The summed E-state index contributed by atoms with van der Waals surface area (Å²) in [6.07, 6.45) is -0.0468. The van der Waals surface area contributed by atoms with Gasteiger partial charge in [0.2, 0.25) is 0 Å². The molecule has 0 bridgehead atoms. The second-order valence-electron chi connectivity index (χ2n) is 15.0. The van der Waals surface area contributed by atoms with Crippen molar-refractivity contribution in [3.63, 3.8) is 0 Å². The maximum Gasteiger partial charge on any atom is 0.0865 e. The lowest BCUT2D eigenvalue weighted by Crippen LogP contribution is -2.54. The Morgan fingerprint density at radius 2 is 0.965 bits per heavy atom. The van der Waals surface area contributed by atoms with Crippen molar-refractivity contribution >= 4 is 84.8 Å². The highest BCUT2D eigenvalue weighted by Gasteiger charge is 2.30. The minimum Gasteiger partial charge on any atom is -0.309 e. The fourth-order valence-corrected chi connectivity index (χ4v) is 11.4. The van der Waals surface area contributed by atoms with E-state index in [1.54, 1.807) is 0 Å². The summed E-state index contributed by atoms with van der Waals surface area (Å²) in [6.45, 7) is 0. The van der Waals surface area contributed by atoms with Crippen LogP contribution in [0.2, 0.25) is 0 Å². The van der Waals surface area contributed by atoms with E-state index in [0.717, 1.165) is 0 Å². The average Bonchev–Trinajstić information content (AvgIpc) is 3.95. The van der Waals surface area contributed by atoms with Crippen molar-refractivity contribution in [3.8, 4) is 16.8 Å². The van der Waals surface area contributed by atoms with E-state index in [1.165, 1.54) is 95.7 Å². The highest BCUT2D eigenvalue weighted by Crippen LogP contribution is 2.44. The van der Waals surface area contributed by atoms with Crippen molar-refractivity contribution in [1.29, 1.82) is 0 Å². The summed E-state index contributed by atoms with van der Waals surface area (Å²) in [5, 5.41) is 19.3. The van der Waals surface area contributed by atoms with Crippen LogP contribution >= 0.6 is 22.7 Å². The molecule has 12 rings (SSSR count). The van der Waals surface area contributed by atoms with Crippen LogP contribution in [-0.2, 0) is 0 Å². The first-order chi connectivity index (χ1) is 28.2. The molecule has 1 saturated heterocycles. The fraction of sp³-hybridized carbons (Fsp3) is 0.0588. The van der Waals surface area contributed by atoms with Gasteiger partial charge in [-0.2, -0.15) is 0 Å². The van der Waals surface area contributed by atoms with Crippen LogP contribution in [0.15, 0.2) is 182 Å². The molecule has 4 heterocycles. The summed E-state index contributed by atoms with van der Waals surface area (Å²) in [6, 6.07) is 66.6. The van der Waals surface area contributed by atoms with Gasteiger partial charge in [0.25, 0.3) is 0 Å². The predicted molar refractivity (Wildman–Crippen MR) is 243 cm³/mol. The first kappa shape index (κ1) is 33.1. The number of thiophene rings is 2. The lowest BCUT2D eigenvalue weighted by atomic mass is 9.97. The van der Waals surface area contributed by atoms with Crippen molar-refractivity contribution in [2.24, 2.45) is 0 Å². The number of rotatable bonds is 5. The molecule has 0 saturated carbocycles. The van der Waals surface area contributed by atoms with Gasteiger partial charge >= 0.3 is 0 Å². The van der Waals surface area contributed by atoms with E-state index < -0.39 is 0 Å². The van der Waals surface area contributed by atoms with E-state index in [9.17, 15) is 0 Å². The molecule has 0 spiro atoms. The molecule has 57 heavy (non-hydrogen) atoms. The summed E-state index contributed by atoms with van der Waals surface area (Å²) in [5.41, 5.74) is 9.86. The maximum atomic E-state index is 3.86. The molecule has 1 aliphatic rings. The summed E-state index contributed by atoms with van der Waals surface area (Å²) in [7, 11) is 0. The molecule has 11 aromatic rings. The third kappa shape index (κ3) is 5.45. The molecule has 0 aliphatic carbocycles. The maximum absolute atomic E-state index is 3.86. The topological polar surface area (TPSA) is 41.0 Å². The summed E-state index contributed by atoms with van der Waals surface area (Å²) in [5.74, 6) is 0. The van der Waals surface area contributed by atoms with Crippen LogP contribution in [-0.4, -0.2) is 4.57 Å². The van der Waals surface area contributed by atoms with Gasteiger partial charge in [-0.3, -0.25) is 16.0 Å². The molecular weight excluding hydrogens is 733 g/mol. The zero-order valence-electron chi connectivity index (χ0n) is 30.8. The first-order valence-corrected chi connectivity index (χ1v) is 21.2. The van der Waals surface area contributed by atoms with Crippen LogP contribution in [0.25, 0.3) is 79.0 Å². The zero-order chi connectivity index (χ0) is 37.5. The third-order valence-electron chi connectivity index (χ3n) is 11.7. The van der Waals surface area contributed by atoms with Gasteiger partial charge in [0.1, 0.15) is 0 Å². The molecule has 6 heteroatoms. The van der Waals surface area contributed by atoms with Gasteiger partial charge in [-0.05, 0) is 76.3 Å². The van der Waals surface area contributed by atoms with Gasteiger partial charge in [-0.25, -0.2) is 0 Å². The van der Waals surface area contributed by atoms with Gasteiger partial charge < -0.3 is 4.57 Å². The van der Waals surface area contributed by atoms with E-state index in [-0.39, 0.29) is 18.5 Å². The van der Waals surface area contributed by atoms with E-state index in [2.05, 4.69) is 203 Å². The normalized spacial score (nSPS) is 17.4. The van der Waals surface area contributed by atoms with E-state index in [0.29, 0.717) is 0 Å². The first-order valence-electron chi connectivity index (χ1n) is 19.5. The highest BCUT2D eigenvalue weighted by molar-refractivity contribution is 7.26. The molecule has 0 amide bonds. The zero-order valence-corrected chi connectivity index (χ0v) is 32.4. The minimum atomic E-state index is -0.0402. The van der Waals surface area contributed by atoms with Crippen LogP contribution in [0.5, 0.6) is 0 Å². The van der Waals surface area contributed by atoms with Crippen LogP contribution in [0, 0.1) is 0 Å². The van der Waals surface area contributed by atoms with Crippen LogP contribution in [0.1, 0.15) is 35.2 Å². The number of fused-ring (bicyclic) bond motifs is 9. The van der Waals surface area contributed by atoms with Gasteiger partial charge in [0, 0.05) is 56.8 Å². The molecule has 0 radical (unpaired) electrons. The Morgan fingerprint density at radius 3 is 1.67 bits per heavy atom.